The molecule has 0 aliphatic carbocycles. The Hall–Kier alpha value is -1.62. The van der Waals surface area contributed by atoms with Crippen LogP contribution in [0.2, 0.25) is 0 Å². The van der Waals surface area contributed by atoms with E-state index in [-0.39, 0.29) is 0 Å². The number of hydrogen-bond donors (Lipinski definition) is 1. The highest BCUT2D eigenvalue weighted by Crippen LogP contribution is 2.29. The van der Waals surface area contributed by atoms with Gasteiger partial charge in [-0.05, 0) is 31.4 Å². The number of aryl methyl sites for hydroxylation is 2. The molecule has 2 heterocycles. The summed E-state index contributed by atoms with van der Waals surface area (Å²) in [7, 11) is 0. The van der Waals surface area contributed by atoms with Gasteiger partial charge in [-0.2, -0.15) is 0 Å². The van der Waals surface area contributed by atoms with Crippen molar-refractivity contribution < 1.29 is 0 Å². The summed E-state index contributed by atoms with van der Waals surface area (Å²) in [5.41, 5.74) is 10.8. The van der Waals surface area contributed by atoms with Gasteiger partial charge in [0.2, 0.25) is 0 Å². The fourth-order valence-electron chi connectivity index (χ4n) is 2.47. The van der Waals surface area contributed by atoms with Crippen LogP contribution in [0.3, 0.4) is 0 Å². The van der Waals surface area contributed by atoms with E-state index < -0.39 is 0 Å². The van der Waals surface area contributed by atoms with Crippen molar-refractivity contribution in [1.82, 2.24) is 9.59 Å². The van der Waals surface area contributed by atoms with Crippen molar-refractivity contribution in [3.8, 4) is 0 Å². The van der Waals surface area contributed by atoms with Crippen LogP contribution in [0, 0.1) is 6.92 Å². The monoisotopic (exact) mass is 260 g/mol. The van der Waals surface area contributed by atoms with E-state index in [1.54, 1.807) is 0 Å². The lowest BCUT2D eigenvalue weighted by Crippen LogP contribution is -2.29. The summed E-state index contributed by atoms with van der Waals surface area (Å²) in [6.07, 6.45) is 2.35. The normalized spacial score (nSPS) is 14.6. The van der Waals surface area contributed by atoms with Crippen molar-refractivity contribution >= 4 is 22.2 Å². The van der Waals surface area contributed by atoms with Gasteiger partial charge in [0.1, 0.15) is 10.7 Å². The van der Waals surface area contributed by atoms with E-state index in [1.165, 1.54) is 34.8 Å². The molecule has 0 bridgehead atoms. The summed E-state index contributed by atoms with van der Waals surface area (Å²) in [4.78, 5) is 2.35. The van der Waals surface area contributed by atoms with Crippen molar-refractivity contribution in [3.63, 3.8) is 0 Å². The third-order valence-corrected chi connectivity index (χ3v) is 3.97. The molecule has 1 aromatic carbocycles. The lowest BCUT2D eigenvalue weighted by molar-refractivity contribution is 0.683. The molecule has 94 valence electrons. The quantitative estimate of drug-likeness (QED) is 0.900. The van der Waals surface area contributed by atoms with Crippen LogP contribution in [-0.2, 0) is 13.0 Å². The van der Waals surface area contributed by atoms with E-state index in [0.717, 1.165) is 30.2 Å². The van der Waals surface area contributed by atoms with Crippen LogP contribution in [0.4, 0.5) is 10.7 Å². The zero-order valence-electron chi connectivity index (χ0n) is 10.4. The van der Waals surface area contributed by atoms with E-state index in [9.17, 15) is 0 Å². The Kier molecular flexibility index (Phi) is 2.91. The molecule has 5 heteroatoms. The molecule has 2 aromatic rings. The lowest BCUT2D eigenvalue weighted by atomic mass is 9.99. The van der Waals surface area contributed by atoms with E-state index in [2.05, 4.69) is 39.6 Å². The molecule has 0 radical (unpaired) electrons. The molecular weight excluding hydrogens is 244 g/mol. The highest BCUT2D eigenvalue weighted by molar-refractivity contribution is 7.09. The molecule has 2 N–H and O–H groups in total. The Morgan fingerprint density at radius 2 is 2.33 bits per heavy atom. The number of benzene rings is 1. The van der Waals surface area contributed by atoms with Crippen LogP contribution in [0.1, 0.15) is 23.2 Å². The first-order chi connectivity index (χ1) is 8.74. The van der Waals surface area contributed by atoms with Gasteiger partial charge >= 0.3 is 0 Å². The predicted octanol–water partition coefficient (Wildman–Crippen LogP) is 2.38. The molecule has 1 aliphatic heterocycles. The Labute approximate surface area is 111 Å². The van der Waals surface area contributed by atoms with E-state index in [4.69, 9.17) is 5.73 Å². The average Bonchev–Trinajstić information content (AvgIpc) is 2.75. The Balaban J connectivity index is 1.90. The summed E-state index contributed by atoms with van der Waals surface area (Å²) in [6, 6.07) is 6.66. The number of nitrogen functional groups attached to an aromatic ring is 1. The minimum atomic E-state index is 0.731. The number of nitrogens with zero attached hydrogens (tertiary/aromatic N) is 3. The van der Waals surface area contributed by atoms with Gasteiger partial charge in [0.05, 0.1) is 6.54 Å². The number of fused-ring (bicyclic) bond motifs is 1. The first kappa shape index (κ1) is 11.5. The first-order valence-electron chi connectivity index (χ1n) is 6.15. The van der Waals surface area contributed by atoms with Crippen LogP contribution in [0.15, 0.2) is 18.2 Å². The van der Waals surface area contributed by atoms with Gasteiger partial charge in [-0.1, -0.05) is 22.2 Å². The van der Waals surface area contributed by atoms with Crippen molar-refractivity contribution in [2.75, 3.05) is 17.2 Å². The second kappa shape index (κ2) is 4.57. The van der Waals surface area contributed by atoms with Gasteiger partial charge in [0.15, 0.2) is 0 Å². The molecule has 18 heavy (non-hydrogen) atoms. The van der Waals surface area contributed by atoms with Crippen LogP contribution < -0.4 is 10.6 Å². The van der Waals surface area contributed by atoms with Gasteiger partial charge in [-0.3, -0.25) is 0 Å². The molecule has 0 amide bonds. The van der Waals surface area contributed by atoms with Crippen molar-refractivity contribution in [3.05, 3.63) is 35.0 Å². The molecule has 0 fully saturated rings. The Morgan fingerprint density at radius 3 is 3.11 bits per heavy atom. The molecule has 0 saturated carbocycles. The second-order valence-electron chi connectivity index (χ2n) is 4.74. The van der Waals surface area contributed by atoms with Gasteiger partial charge in [-0.25, -0.2) is 0 Å². The standard InChI is InChI=1S/C13H16N4S/c1-9-4-5-12-10(7-9)3-2-6-17(12)8-11-13(14)18-16-15-11/h4-5,7H,2-3,6,8,14H2,1H3. The minimum absolute atomic E-state index is 0.731. The maximum atomic E-state index is 5.87. The van der Waals surface area contributed by atoms with Crippen LogP contribution in [-0.4, -0.2) is 16.1 Å². The number of aromatic nitrogens is 2. The van der Waals surface area contributed by atoms with Crippen molar-refractivity contribution in [2.45, 2.75) is 26.3 Å². The Bertz CT molecular complexity index is 564. The predicted molar refractivity (Wildman–Crippen MR) is 74.9 cm³/mol. The largest absolute Gasteiger partial charge is 0.388 e. The smallest absolute Gasteiger partial charge is 0.132 e. The maximum absolute atomic E-state index is 5.87. The summed E-state index contributed by atoms with van der Waals surface area (Å²) in [6.45, 7) is 3.97. The molecule has 0 atom stereocenters. The third kappa shape index (κ3) is 2.06. The number of rotatable bonds is 2. The first-order valence-corrected chi connectivity index (χ1v) is 6.92. The highest BCUT2D eigenvalue weighted by atomic mass is 32.1. The fourth-order valence-corrected chi connectivity index (χ4v) is 2.91. The molecule has 0 unspecified atom stereocenters. The van der Waals surface area contributed by atoms with E-state index in [1.807, 2.05) is 0 Å². The number of anilines is 2. The van der Waals surface area contributed by atoms with Crippen LogP contribution >= 0.6 is 11.5 Å². The topological polar surface area (TPSA) is 55.0 Å². The minimum Gasteiger partial charge on any atom is -0.388 e. The van der Waals surface area contributed by atoms with Crippen molar-refractivity contribution in [2.24, 2.45) is 0 Å². The zero-order valence-corrected chi connectivity index (χ0v) is 11.2. The zero-order chi connectivity index (χ0) is 12.5. The summed E-state index contributed by atoms with van der Waals surface area (Å²) >= 11 is 1.27. The second-order valence-corrected chi connectivity index (χ2v) is 5.53. The molecule has 0 saturated heterocycles. The van der Waals surface area contributed by atoms with Gasteiger partial charge in [0, 0.05) is 23.8 Å². The van der Waals surface area contributed by atoms with Crippen LogP contribution in [0.5, 0.6) is 0 Å². The fraction of sp³-hybridized carbons (Fsp3) is 0.385. The molecule has 1 aliphatic rings. The summed E-state index contributed by atoms with van der Waals surface area (Å²) in [5, 5.41) is 4.83. The van der Waals surface area contributed by atoms with E-state index >= 15 is 0 Å². The van der Waals surface area contributed by atoms with Gasteiger partial charge in [-0.15, -0.1) is 5.10 Å². The lowest BCUT2D eigenvalue weighted by Gasteiger charge is -2.31. The maximum Gasteiger partial charge on any atom is 0.132 e. The highest BCUT2D eigenvalue weighted by Gasteiger charge is 2.18. The van der Waals surface area contributed by atoms with Crippen molar-refractivity contribution in [1.29, 1.82) is 0 Å². The summed E-state index contributed by atoms with van der Waals surface area (Å²) < 4.78 is 3.90. The number of hydrogen-bond acceptors (Lipinski definition) is 5. The van der Waals surface area contributed by atoms with E-state index in [0.29, 0.717) is 0 Å². The number of nitrogens with two attached hydrogens (primary N) is 1. The molecule has 3 rings (SSSR count). The third-order valence-electron chi connectivity index (χ3n) is 3.38. The van der Waals surface area contributed by atoms with Gasteiger partial charge < -0.3 is 10.6 Å². The average molecular weight is 260 g/mol. The Morgan fingerprint density at radius 1 is 1.44 bits per heavy atom. The molecule has 0 spiro atoms. The summed E-state index contributed by atoms with van der Waals surface area (Å²) in [5.74, 6) is 0. The van der Waals surface area contributed by atoms with Gasteiger partial charge in [0.25, 0.3) is 0 Å². The van der Waals surface area contributed by atoms with Crippen LogP contribution in [0.25, 0.3) is 0 Å². The molecule has 4 nitrogen and oxygen atoms in total. The molecular formula is C13H16N4S. The SMILES string of the molecule is Cc1ccc2c(c1)CCCN2Cc1nnsc1N. The molecule has 1 aromatic heterocycles.